The van der Waals surface area contributed by atoms with Crippen molar-refractivity contribution in [3.8, 4) is 0 Å². The fourth-order valence-corrected chi connectivity index (χ4v) is 2.49. The summed E-state index contributed by atoms with van der Waals surface area (Å²) in [6, 6.07) is 0. The van der Waals surface area contributed by atoms with Crippen molar-refractivity contribution < 1.29 is 4.79 Å². The van der Waals surface area contributed by atoms with Crippen molar-refractivity contribution in [2.75, 3.05) is 0 Å². The van der Waals surface area contributed by atoms with E-state index >= 15 is 0 Å². The van der Waals surface area contributed by atoms with Gasteiger partial charge in [-0.1, -0.05) is 27.7 Å². The fraction of sp³-hybridized carbons (Fsp3) is 0.667. The van der Waals surface area contributed by atoms with Crippen molar-refractivity contribution in [3.63, 3.8) is 0 Å². The first-order valence-electron chi connectivity index (χ1n) is 5.51. The van der Waals surface area contributed by atoms with E-state index in [1.165, 1.54) is 0 Å². The van der Waals surface area contributed by atoms with E-state index in [2.05, 4.69) is 24.2 Å². The first-order valence-corrected chi connectivity index (χ1v) is 6.39. The summed E-state index contributed by atoms with van der Waals surface area (Å²) in [5, 5.41) is 3.19. The number of rotatable bonds is 5. The number of carbonyl (C=O) groups is 1. The second-order valence-electron chi connectivity index (χ2n) is 4.25. The molecule has 0 amide bonds. The molecule has 0 radical (unpaired) electrons. The van der Waals surface area contributed by atoms with E-state index in [4.69, 9.17) is 0 Å². The molecule has 0 aliphatic heterocycles. The average Bonchev–Trinajstić information content (AvgIpc) is 2.65. The van der Waals surface area contributed by atoms with E-state index in [0.29, 0.717) is 18.1 Å². The highest BCUT2D eigenvalue weighted by molar-refractivity contribution is 7.09. The van der Waals surface area contributed by atoms with Crippen LogP contribution in [0.2, 0.25) is 0 Å². The SMILES string of the molecule is CCC(=O)C(C)Cc1nc(C(C)C)cs1. The van der Waals surface area contributed by atoms with Crippen LogP contribution in [0.25, 0.3) is 0 Å². The van der Waals surface area contributed by atoms with Crippen LogP contribution in [0.1, 0.15) is 50.7 Å². The maximum atomic E-state index is 11.4. The van der Waals surface area contributed by atoms with Gasteiger partial charge in [0.05, 0.1) is 10.7 Å². The molecule has 0 aliphatic carbocycles. The normalized spacial score (nSPS) is 13.1. The lowest BCUT2D eigenvalue weighted by Crippen LogP contribution is -2.12. The number of Topliss-reactive ketones (excluding diaryl/α,β-unsaturated/α-hetero) is 1. The van der Waals surface area contributed by atoms with Crippen LogP contribution < -0.4 is 0 Å². The minimum atomic E-state index is 0.112. The Morgan fingerprint density at radius 3 is 2.60 bits per heavy atom. The highest BCUT2D eigenvalue weighted by Gasteiger charge is 2.14. The molecule has 0 aliphatic rings. The molecule has 0 aromatic carbocycles. The molecule has 1 aromatic heterocycles. The Morgan fingerprint density at radius 1 is 1.47 bits per heavy atom. The summed E-state index contributed by atoms with van der Waals surface area (Å²) in [5.41, 5.74) is 1.14. The van der Waals surface area contributed by atoms with E-state index < -0.39 is 0 Å². The van der Waals surface area contributed by atoms with Crippen molar-refractivity contribution in [3.05, 3.63) is 16.1 Å². The third-order valence-electron chi connectivity index (χ3n) is 2.54. The van der Waals surface area contributed by atoms with Crippen molar-refractivity contribution in [1.82, 2.24) is 4.98 Å². The molecule has 0 fully saturated rings. The average molecular weight is 225 g/mol. The van der Waals surface area contributed by atoms with Crippen LogP contribution >= 0.6 is 11.3 Å². The number of ketones is 1. The standard InChI is InChI=1S/C12H19NOS/c1-5-11(14)9(4)6-12-13-10(7-15-12)8(2)3/h7-9H,5-6H2,1-4H3. The zero-order valence-corrected chi connectivity index (χ0v) is 10.7. The van der Waals surface area contributed by atoms with E-state index in [1.54, 1.807) is 11.3 Å². The van der Waals surface area contributed by atoms with Crippen LogP contribution in [0.3, 0.4) is 0 Å². The second kappa shape index (κ2) is 5.40. The van der Waals surface area contributed by atoms with Crippen molar-refractivity contribution in [2.45, 2.75) is 46.5 Å². The molecule has 1 unspecified atom stereocenters. The van der Waals surface area contributed by atoms with Gasteiger partial charge in [0.15, 0.2) is 0 Å². The van der Waals surface area contributed by atoms with Gasteiger partial charge in [-0.05, 0) is 5.92 Å². The van der Waals surface area contributed by atoms with Crippen molar-refractivity contribution >= 4 is 17.1 Å². The Labute approximate surface area is 95.7 Å². The fourth-order valence-electron chi connectivity index (χ4n) is 1.41. The van der Waals surface area contributed by atoms with E-state index in [1.807, 2.05) is 13.8 Å². The molecular weight excluding hydrogens is 206 g/mol. The van der Waals surface area contributed by atoms with Crippen LogP contribution in [0, 0.1) is 5.92 Å². The van der Waals surface area contributed by atoms with Gasteiger partial charge in [-0.15, -0.1) is 11.3 Å². The molecule has 1 rings (SSSR count). The molecule has 0 saturated heterocycles. The quantitative estimate of drug-likeness (QED) is 0.768. The van der Waals surface area contributed by atoms with Crippen LogP contribution in [-0.4, -0.2) is 10.8 Å². The second-order valence-corrected chi connectivity index (χ2v) is 5.19. The number of aromatic nitrogens is 1. The van der Waals surface area contributed by atoms with Gasteiger partial charge in [-0.2, -0.15) is 0 Å². The summed E-state index contributed by atoms with van der Waals surface area (Å²) in [5.74, 6) is 0.921. The van der Waals surface area contributed by atoms with Crippen molar-refractivity contribution in [2.24, 2.45) is 5.92 Å². The lowest BCUT2D eigenvalue weighted by molar-refractivity contribution is -0.122. The molecule has 0 saturated carbocycles. The number of hydrogen-bond acceptors (Lipinski definition) is 3. The van der Waals surface area contributed by atoms with Gasteiger partial charge in [-0.25, -0.2) is 4.98 Å². The Morgan fingerprint density at radius 2 is 2.13 bits per heavy atom. The summed E-state index contributed by atoms with van der Waals surface area (Å²) in [4.78, 5) is 16.0. The van der Waals surface area contributed by atoms with Gasteiger partial charge in [-0.3, -0.25) is 4.79 Å². The smallest absolute Gasteiger partial charge is 0.135 e. The van der Waals surface area contributed by atoms with Gasteiger partial charge in [0.2, 0.25) is 0 Å². The Bertz CT molecular complexity index is 330. The summed E-state index contributed by atoms with van der Waals surface area (Å²) in [6.45, 7) is 8.18. The molecule has 3 heteroatoms. The lowest BCUT2D eigenvalue weighted by atomic mass is 10.0. The molecule has 2 nitrogen and oxygen atoms in total. The predicted octanol–water partition coefficient (Wildman–Crippen LogP) is 3.42. The van der Waals surface area contributed by atoms with E-state index in [9.17, 15) is 4.79 Å². The lowest BCUT2D eigenvalue weighted by Gasteiger charge is -2.05. The number of nitrogens with zero attached hydrogens (tertiary/aromatic N) is 1. The van der Waals surface area contributed by atoms with Gasteiger partial charge < -0.3 is 0 Å². The molecule has 1 atom stereocenters. The Balaban J connectivity index is 2.61. The predicted molar refractivity (Wildman–Crippen MR) is 64.4 cm³/mol. The first kappa shape index (κ1) is 12.4. The summed E-state index contributed by atoms with van der Waals surface area (Å²) in [6.07, 6.45) is 1.42. The monoisotopic (exact) mass is 225 g/mol. The summed E-state index contributed by atoms with van der Waals surface area (Å²) >= 11 is 1.67. The van der Waals surface area contributed by atoms with Crippen LogP contribution in [0.15, 0.2) is 5.38 Å². The van der Waals surface area contributed by atoms with Gasteiger partial charge in [0.25, 0.3) is 0 Å². The molecule has 1 heterocycles. The van der Waals surface area contributed by atoms with E-state index in [-0.39, 0.29) is 5.92 Å². The van der Waals surface area contributed by atoms with Gasteiger partial charge in [0.1, 0.15) is 5.78 Å². The largest absolute Gasteiger partial charge is 0.299 e. The summed E-state index contributed by atoms with van der Waals surface area (Å²) < 4.78 is 0. The third-order valence-corrected chi connectivity index (χ3v) is 3.43. The Hall–Kier alpha value is -0.700. The third kappa shape index (κ3) is 3.42. The summed E-state index contributed by atoms with van der Waals surface area (Å²) in [7, 11) is 0. The highest BCUT2D eigenvalue weighted by Crippen LogP contribution is 2.20. The molecule has 84 valence electrons. The minimum Gasteiger partial charge on any atom is -0.299 e. The zero-order chi connectivity index (χ0) is 11.4. The topological polar surface area (TPSA) is 30.0 Å². The maximum absolute atomic E-state index is 11.4. The van der Waals surface area contributed by atoms with Crippen LogP contribution in [-0.2, 0) is 11.2 Å². The number of carbonyl (C=O) groups excluding carboxylic acids is 1. The van der Waals surface area contributed by atoms with Gasteiger partial charge >= 0.3 is 0 Å². The van der Waals surface area contributed by atoms with Crippen LogP contribution in [0.5, 0.6) is 0 Å². The zero-order valence-electron chi connectivity index (χ0n) is 9.91. The maximum Gasteiger partial charge on any atom is 0.135 e. The highest BCUT2D eigenvalue weighted by atomic mass is 32.1. The molecule has 0 bridgehead atoms. The van der Waals surface area contributed by atoms with Crippen LogP contribution in [0.4, 0.5) is 0 Å². The number of hydrogen-bond donors (Lipinski definition) is 0. The van der Waals surface area contributed by atoms with E-state index in [0.717, 1.165) is 17.1 Å². The molecule has 1 aromatic rings. The number of thiazole rings is 1. The van der Waals surface area contributed by atoms with Crippen molar-refractivity contribution in [1.29, 1.82) is 0 Å². The Kier molecular flexibility index (Phi) is 4.45. The first-order chi connectivity index (χ1) is 7.04. The van der Waals surface area contributed by atoms with Gasteiger partial charge in [0, 0.05) is 24.1 Å². The molecule has 15 heavy (non-hydrogen) atoms. The molecule has 0 spiro atoms. The molecular formula is C12H19NOS. The minimum absolute atomic E-state index is 0.112. The molecule has 0 N–H and O–H groups in total.